The Morgan fingerprint density at radius 1 is 1.03 bits per heavy atom. The van der Waals surface area contributed by atoms with Crippen LogP contribution in [0.1, 0.15) is 20.8 Å². The van der Waals surface area contributed by atoms with E-state index in [2.05, 4.69) is 10.2 Å². The van der Waals surface area contributed by atoms with Gasteiger partial charge in [-0.15, -0.1) is 0 Å². The number of hydrogen-bond donors (Lipinski definition) is 0. The molecule has 0 N–H and O–H groups in total. The number of carbonyl (C=O) groups is 2. The summed E-state index contributed by atoms with van der Waals surface area (Å²) in [5.41, 5.74) is 0.469. The molecular weight excluding hydrogens is 473 g/mol. The number of carbonyl (C=O) groups excluding carboxylic acids is 2. The van der Waals surface area contributed by atoms with Crippen molar-refractivity contribution in [2.45, 2.75) is 26.8 Å². The molecule has 0 aliphatic rings. The van der Waals surface area contributed by atoms with Gasteiger partial charge in [-0.05, 0) is 39.0 Å². The summed E-state index contributed by atoms with van der Waals surface area (Å²) in [7, 11) is 2.89. The maximum atomic E-state index is 13.1. The Labute approximate surface area is 202 Å². The molecule has 9 nitrogen and oxygen atoms in total. The van der Waals surface area contributed by atoms with Crippen LogP contribution < -0.4 is 23.4 Å². The van der Waals surface area contributed by atoms with Crippen LogP contribution in [0.2, 0.25) is 5.02 Å². The number of para-hydroxylation sites is 1. The molecule has 0 bridgehead atoms. The van der Waals surface area contributed by atoms with Crippen molar-refractivity contribution in [2.75, 3.05) is 31.9 Å². The Kier molecular flexibility index (Phi) is 9.74. The number of benzene rings is 2. The van der Waals surface area contributed by atoms with Gasteiger partial charge in [0.2, 0.25) is 6.04 Å². The Hall–Kier alpha value is -3.04. The van der Waals surface area contributed by atoms with Crippen molar-refractivity contribution in [1.82, 2.24) is 0 Å². The first-order chi connectivity index (χ1) is 15.8. The summed E-state index contributed by atoms with van der Waals surface area (Å²) in [5, 5.41) is 8.14. The third-order valence-electron chi connectivity index (χ3n) is 4.28. The third-order valence-corrected chi connectivity index (χ3v) is 4.91. The van der Waals surface area contributed by atoms with E-state index >= 15 is 0 Å². The van der Waals surface area contributed by atoms with Gasteiger partial charge in [-0.1, -0.05) is 17.7 Å². The maximum absolute atomic E-state index is 13.1. The number of ketones is 1. The summed E-state index contributed by atoms with van der Waals surface area (Å²) in [6.07, 6.45) is 0. The number of anilines is 1. The van der Waals surface area contributed by atoms with Crippen LogP contribution in [0.15, 0.2) is 40.6 Å². The number of amides is 1. The van der Waals surface area contributed by atoms with Gasteiger partial charge < -0.3 is 18.9 Å². The third kappa shape index (κ3) is 6.27. The molecule has 1 unspecified atom stereocenters. The van der Waals surface area contributed by atoms with Gasteiger partial charge in [0.05, 0.1) is 38.1 Å². The molecule has 0 radical (unpaired) electrons. The molecule has 178 valence electrons. The summed E-state index contributed by atoms with van der Waals surface area (Å²) in [5.74, 6) is -0.0408. The quantitative estimate of drug-likeness (QED) is 0.234. The van der Waals surface area contributed by atoms with E-state index in [1.807, 2.05) is 6.92 Å². The summed E-state index contributed by atoms with van der Waals surface area (Å²) in [6.45, 7) is 5.52. The highest BCUT2D eigenvalue weighted by atomic mass is 35.5. The smallest absolute Gasteiger partial charge is 0.276 e. The summed E-state index contributed by atoms with van der Waals surface area (Å²) in [4.78, 5) is 25.3. The van der Waals surface area contributed by atoms with Gasteiger partial charge in [-0.2, -0.15) is 10.2 Å². The highest BCUT2D eigenvalue weighted by Gasteiger charge is 2.31. The first kappa shape index (κ1) is 26.2. The predicted octanol–water partition coefficient (Wildman–Crippen LogP) is 5.38. The molecule has 2 aromatic rings. The van der Waals surface area contributed by atoms with Crippen LogP contribution in [0.3, 0.4) is 0 Å². The monoisotopic (exact) mass is 497 g/mol. The van der Waals surface area contributed by atoms with E-state index in [9.17, 15) is 9.59 Å². The molecular formula is C22H25Cl2N3O6. The summed E-state index contributed by atoms with van der Waals surface area (Å²) in [6, 6.07) is 6.39. The number of nitrogens with zero attached hydrogens (tertiary/aromatic N) is 3. The van der Waals surface area contributed by atoms with Crippen molar-refractivity contribution in [3.05, 3.63) is 35.4 Å². The molecule has 0 aliphatic heterocycles. The Bertz CT molecular complexity index is 1030. The van der Waals surface area contributed by atoms with Crippen molar-refractivity contribution in [3.63, 3.8) is 0 Å². The molecule has 0 saturated heterocycles. The summed E-state index contributed by atoms with van der Waals surface area (Å²) >= 11 is 12.5. The fourth-order valence-electron chi connectivity index (χ4n) is 2.83. The molecule has 11 heteroatoms. The number of Topliss-reactive ketones (excluding diaryl/α,β-unsaturated/α-hetero) is 1. The van der Waals surface area contributed by atoms with E-state index < -0.39 is 17.7 Å². The number of rotatable bonds is 11. The van der Waals surface area contributed by atoms with Gasteiger partial charge in [0.25, 0.3) is 5.91 Å². The predicted molar refractivity (Wildman–Crippen MR) is 126 cm³/mol. The largest absolute Gasteiger partial charge is 0.493 e. The SMILES string of the molecule is CCOc1cccc(N(Cl)C(=O)C(N=Nc2cc(Cl)c(OC)c(OC)c2)C(C)=O)c1OCC. The fourth-order valence-corrected chi connectivity index (χ4v) is 3.34. The second kappa shape index (κ2) is 12.3. The number of methoxy groups -OCH3 is 2. The highest BCUT2D eigenvalue weighted by molar-refractivity contribution is 6.39. The second-order valence-corrected chi connectivity index (χ2v) is 7.23. The van der Waals surface area contributed by atoms with Crippen LogP contribution in [0, 0.1) is 0 Å². The van der Waals surface area contributed by atoms with Crippen molar-refractivity contribution >= 4 is 46.4 Å². The zero-order valence-corrected chi connectivity index (χ0v) is 20.4. The fraction of sp³-hybridized carbons (Fsp3) is 0.364. The van der Waals surface area contributed by atoms with Gasteiger partial charge in [0, 0.05) is 17.8 Å². The number of halogens is 2. The summed E-state index contributed by atoms with van der Waals surface area (Å²) < 4.78 is 22.4. The van der Waals surface area contributed by atoms with Crippen molar-refractivity contribution < 1.29 is 28.5 Å². The minimum atomic E-state index is -1.50. The highest BCUT2D eigenvalue weighted by Crippen LogP contribution is 2.40. The lowest BCUT2D eigenvalue weighted by atomic mass is 10.2. The lowest BCUT2D eigenvalue weighted by molar-refractivity contribution is -0.126. The molecule has 1 atom stereocenters. The Balaban J connectivity index is 2.39. The van der Waals surface area contributed by atoms with Crippen molar-refractivity contribution in [3.8, 4) is 23.0 Å². The molecule has 0 fully saturated rings. The lowest BCUT2D eigenvalue weighted by Gasteiger charge is -2.21. The van der Waals surface area contributed by atoms with Gasteiger partial charge in [0.1, 0.15) is 5.69 Å². The van der Waals surface area contributed by atoms with Crippen LogP contribution in [-0.4, -0.2) is 45.2 Å². The van der Waals surface area contributed by atoms with Crippen LogP contribution >= 0.6 is 23.4 Å². The molecule has 0 aliphatic carbocycles. The van der Waals surface area contributed by atoms with E-state index in [1.54, 1.807) is 25.1 Å². The van der Waals surface area contributed by atoms with Crippen LogP contribution in [-0.2, 0) is 9.59 Å². The zero-order valence-electron chi connectivity index (χ0n) is 18.9. The molecule has 33 heavy (non-hydrogen) atoms. The Morgan fingerprint density at radius 3 is 2.30 bits per heavy atom. The molecule has 0 heterocycles. The van der Waals surface area contributed by atoms with Gasteiger partial charge >= 0.3 is 0 Å². The number of hydrogen-bond acceptors (Lipinski definition) is 8. The van der Waals surface area contributed by atoms with E-state index in [0.717, 1.165) is 4.42 Å². The average Bonchev–Trinajstić information content (AvgIpc) is 2.79. The minimum absolute atomic E-state index is 0.213. The first-order valence-electron chi connectivity index (χ1n) is 10.00. The van der Waals surface area contributed by atoms with Crippen LogP contribution in [0.25, 0.3) is 0 Å². The van der Waals surface area contributed by atoms with Gasteiger partial charge in [-0.3, -0.25) is 9.59 Å². The zero-order chi connectivity index (χ0) is 24.5. The number of azo groups is 1. The van der Waals surface area contributed by atoms with Crippen molar-refractivity contribution in [2.24, 2.45) is 10.2 Å². The van der Waals surface area contributed by atoms with E-state index in [-0.39, 0.29) is 22.1 Å². The van der Waals surface area contributed by atoms with E-state index in [1.165, 1.54) is 33.3 Å². The molecule has 0 saturated carbocycles. The molecule has 2 rings (SSSR count). The molecule has 0 spiro atoms. The van der Waals surface area contributed by atoms with Crippen molar-refractivity contribution in [1.29, 1.82) is 0 Å². The first-order valence-corrected chi connectivity index (χ1v) is 10.7. The van der Waals surface area contributed by atoms with Gasteiger partial charge in [0.15, 0.2) is 28.8 Å². The lowest BCUT2D eigenvalue weighted by Crippen LogP contribution is -2.36. The van der Waals surface area contributed by atoms with E-state index in [0.29, 0.717) is 30.5 Å². The maximum Gasteiger partial charge on any atom is 0.276 e. The second-order valence-electron chi connectivity index (χ2n) is 6.48. The topological polar surface area (TPSA) is 99.0 Å². The molecule has 1 amide bonds. The average molecular weight is 498 g/mol. The Morgan fingerprint density at radius 2 is 1.73 bits per heavy atom. The molecule has 2 aromatic carbocycles. The normalized spacial score (nSPS) is 11.7. The molecule has 0 aromatic heterocycles. The number of ether oxygens (including phenoxy) is 4. The van der Waals surface area contributed by atoms with Gasteiger partial charge in [-0.25, -0.2) is 4.42 Å². The van der Waals surface area contributed by atoms with Crippen LogP contribution in [0.4, 0.5) is 11.4 Å². The standard InChI is InChI=1S/C22H25Cl2N3O6/c1-6-32-17-10-8-9-16(21(17)33-7-2)27(24)22(29)19(13(3)28)26-25-14-11-15(23)20(31-5)18(12-14)30-4/h8-12,19H,6-7H2,1-5H3. The minimum Gasteiger partial charge on any atom is -0.493 e. The van der Waals surface area contributed by atoms with Crippen LogP contribution in [0.5, 0.6) is 23.0 Å². The van der Waals surface area contributed by atoms with E-state index in [4.69, 9.17) is 42.3 Å².